The Bertz CT molecular complexity index is 3170. The molecule has 1 saturated carbocycles. The summed E-state index contributed by atoms with van der Waals surface area (Å²) < 4.78 is 8.18. The lowest BCUT2D eigenvalue weighted by atomic mass is 9.64. The van der Waals surface area contributed by atoms with Crippen molar-refractivity contribution in [3.8, 4) is 11.1 Å². The highest BCUT2D eigenvalue weighted by molar-refractivity contribution is 7.20. The molecule has 4 aliphatic carbocycles. The summed E-state index contributed by atoms with van der Waals surface area (Å²) in [5.41, 5.74) is 17.1. The Hall–Kier alpha value is -5.97. The first-order valence-electron chi connectivity index (χ1n) is 21.5. The van der Waals surface area contributed by atoms with Crippen LogP contribution in [-0.2, 0) is 10.8 Å². The van der Waals surface area contributed by atoms with Gasteiger partial charge in [0, 0.05) is 43.3 Å². The van der Waals surface area contributed by atoms with Crippen molar-refractivity contribution >= 4 is 60.5 Å². The number of thiophene rings is 1. The third kappa shape index (κ3) is 4.67. The van der Waals surface area contributed by atoms with Crippen LogP contribution in [0.5, 0.6) is 0 Å². The number of nitrogens with zero attached hydrogens (tertiary/aromatic N) is 1. The van der Waals surface area contributed by atoms with Crippen molar-refractivity contribution in [1.29, 1.82) is 0 Å². The molecule has 0 radical (unpaired) electrons. The van der Waals surface area contributed by atoms with Gasteiger partial charge in [-0.3, -0.25) is 4.99 Å². The molecule has 0 bridgehead atoms. The molecule has 8 aromatic rings. The fourth-order valence-corrected chi connectivity index (χ4v) is 13.3. The first-order valence-corrected chi connectivity index (χ1v) is 22.3. The van der Waals surface area contributed by atoms with Gasteiger partial charge in [0.05, 0.1) is 10.6 Å². The fraction of sp³-hybridized carbons (Fsp3) is 0.218. The molecule has 5 aliphatic rings. The Morgan fingerprint density at radius 1 is 0.678 bits per heavy atom. The Labute approximate surface area is 348 Å². The van der Waals surface area contributed by atoms with Crippen molar-refractivity contribution in [3.63, 3.8) is 0 Å². The third-order valence-corrected chi connectivity index (χ3v) is 16.1. The first-order chi connectivity index (χ1) is 29.0. The highest BCUT2D eigenvalue weighted by Crippen LogP contribution is 2.64. The molecule has 6 aromatic carbocycles. The van der Waals surface area contributed by atoms with Gasteiger partial charge in [0.2, 0.25) is 0 Å². The number of amidine groups is 1. The van der Waals surface area contributed by atoms with Crippen LogP contribution in [0, 0.1) is 5.92 Å². The second kappa shape index (κ2) is 12.3. The molecular weight excluding hydrogens is 737 g/mol. The molecule has 3 heterocycles. The third-order valence-electron chi connectivity index (χ3n) is 14.8. The van der Waals surface area contributed by atoms with E-state index in [2.05, 4.69) is 165 Å². The van der Waals surface area contributed by atoms with Crippen LogP contribution in [0.3, 0.4) is 0 Å². The van der Waals surface area contributed by atoms with Crippen LogP contribution in [0.15, 0.2) is 161 Å². The normalized spacial score (nSPS) is 21.9. The predicted octanol–water partition coefficient (Wildman–Crippen LogP) is 14.7. The maximum atomic E-state index is 6.92. The lowest BCUT2D eigenvalue weighted by Crippen LogP contribution is -2.31. The van der Waals surface area contributed by atoms with E-state index < -0.39 is 0 Å². The molecule has 3 atom stereocenters. The zero-order chi connectivity index (χ0) is 39.0. The summed E-state index contributed by atoms with van der Waals surface area (Å²) in [5.74, 6) is 1.74. The Morgan fingerprint density at radius 3 is 2.34 bits per heavy atom. The Balaban J connectivity index is 0.978. The molecule has 4 heteroatoms. The number of hydrogen-bond donors (Lipinski definition) is 1. The molecule has 1 aliphatic heterocycles. The summed E-state index contributed by atoms with van der Waals surface area (Å²) in [6.07, 6.45) is 11.8. The molecule has 3 nitrogen and oxygen atoms in total. The van der Waals surface area contributed by atoms with E-state index in [-0.39, 0.29) is 16.9 Å². The monoisotopic (exact) mass is 780 g/mol. The van der Waals surface area contributed by atoms with Crippen LogP contribution in [0.2, 0.25) is 0 Å². The van der Waals surface area contributed by atoms with Gasteiger partial charge in [0.15, 0.2) is 0 Å². The van der Waals surface area contributed by atoms with Gasteiger partial charge in [-0.15, -0.1) is 11.3 Å². The van der Waals surface area contributed by atoms with Gasteiger partial charge < -0.3 is 9.73 Å². The number of furan rings is 1. The zero-order valence-corrected chi connectivity index (χ0v) is 34.2. The molecule has 0 amide bonds. The number of anilines is 1. The topological polar surface area (TPSA) is 37.5 Å². The van der Waals surface area contributed by atoms with Gasteiger partial charge in [0.1, 0.15) is 23.0 Å². The van der Waals surface area contributed by atoms with Crippen LogP contribution in [0.1, 0.15) is 96.2 Å². The number of allylic oxidation sites excluding steroid dienone is 4. The van der Waals surface area contributed by atoms with Gasteiger partial charge in [0.25, 0.3) is 0 Å². The zero-order valence-electron chi connectivity index (χ0n) is 33.4. The summed E-state index contributed by atoms with van der Waals surface area (Å²) in [5, 5.41) is 7.26. The molecule has 3 unspecified atom stereocenters. The number of nitrogens with one attached hydrogen (secondary N) is 1. The number of benzene rings is 6. The summed E-state index contributed by atoms with van der Waals surface area (Å²) in [4.78, 5) is 6.67. The number of aliphatic imine (C=N–C) groups is 1. The lowest BCUT2D eigenvalue weighted by molar-refractivity contribution is 0.345. The van der Waals surface area contributed by atoms with E-state index in [9.17, 15) is 0 Å². The van der Waals surface area contributed by atoms with Crippen LogP contribution in [0.4, 0.5) is 5.69 Å². The average molecular weight is 781 g/mol. The van der Waals surface area contributed by atoms with E-state index in [1.165, 1.54) is 80.5 Å². The quantitative estimate of drug-likeness (QED) is 0.194. The second-order valence-corrected chi connectivity index (χ2v) is 19.2. The standard InChI is InChI=1S/C55H44N2OS/c1-54(2)42-22-9-7-17-35(42)39-30-45-41(31-44(39)54)48-34(19-14-23-43(48)55(45)27-11-4-12-28-55)33-25-26-46-40(29-33)36-20-13-21-38(51(36)58-46)50-52-49(37-18-8-10-24-47(37)59-52)56-53(57-50)32-15-5-3-6-16-32/h3,5-10,13-26,29-31,39,44,50H,4,11-12,27-28H2,1-2H3,(H,56,57). The minimum Gasteiger partial charge on any atom is -0.456 e. The average Bonchev–Trinajstić information content (AvgIpc) is 3.99. The van der Waals surface area contributed by atoms with E-state index in [0.717, 1.165) is 44.6 Å². The van der Waals surface area contributed by atoms with Gasteiger partial charge in [-0.1, -0.05) is 161 Å². The van der Waals surface area contributed by atoms with E-state index in [4.69, 9.17) is 9.41 Å². The summed E-state index contributed by atoms with van der Waals surface area (Å²) in [6.45, 7) is 4.94. The second-order valence-electron chi connectivity index (χ2n) is 18.1. The van der Waals surface area contributed by atoms with Crippen molar-refractivity contribution in [2.24, 2.45) is 10.9 Å². The number of para-hydroxylation sites is 1. The minimum atomic E-state index is -0.204. The van der Waals surface area contributed by atoms with Crippen molar-refractivity contribution in [2.75, 3.05) is 5.32 Å². The largest absolute Gasteiger partial charge is 0.456 e. The molecular formula is C55H44N2OS. The van der Waals surface area contributed by atoms with Crippen LogP contribution in [0.25, 0.3) is 48.7 Å². The SMILES string of the molecule is CC1(C)c2ccccc2C2C=C3C(=CC21)c1c(-c2ccc4oc5c(C6N=C(c7ccccc7)Nc7c6sc6ccccc76)cccc5c4c2)cccc1C31CCCCC1. The van der Waals surface area contributed by atoms with Gasteiger partial charge in [-0.2, -0.15) is 0 Å². The van der Waals surface area contributed by atoms with E-state index in [0.29, 0.717) is 11.8 Å². The number of rotatable bonds is 3. The molecule has 1 spiro atoms. The van der Waals surface area contributed by atoms with E-state index in [1.54, 1.807) is 11.1 Å². The van der Waals surface area contributed by atoms with Gasteiger partial charge in [-0.05, 0) is 86.9 Å². The minimum absolute atomic E-state index is 0.0664. The van der Waals surface area contributed by atoms with Crippen LogP contribution < -0.4 is 5.32 Å². The van der Waals surface area contributed by atoms with Crippen molar-refractivity contribution in [3.05, 3.63) is 189 Å². The Kier molecular flexibility index (Phi) is 7.07. The molecule has 0 saturated heterocycles. The summed E-state index contributed by atoms with van der Waals surface area (Å²) in [6, 6.07) is 49.0. The maximum Gasteiger partial charge on any atom is 0.141 e. The van der Waals surface area contributed by atoms with Crippen LogP contribution in [-0.4, -0.2) is 5.84 Å². The van der Waals surface area contributed by atoms with E-state index >= 15 is 0 Å². The van der Waals surface area contributed by atoms with Gasteiger partial charge >= 0.3 is 0 Å². The number of hydrogen-bond acceptors (Lipinski definition) is 4. The molecule has 1 fully saturated rings. The first kappa shape index (κ1) is 33.9. The summed E-state index contributed by atoms with van der Waals surface area (Å²) in [7, 11) is 0. The predicted molar refractivity (Wildman–Crippen MR) is 246 cm³/mol. The number of fused-ring (bicyclic) bond motifs is 14. The molecule has 2 aromatic heterocycles. The summed E-state index contributed by atoms with van der Waals surface area (Å²) >= 11 is 1.83. The molecule has 1 N–H and O–H groups in total. The lowest BCUT2D eigenvalue weighted by Gasteiger charge is -2.39. The molecule has 13 rings (SSSR count). The molecule has 286 valence electrons. The maximum absolute atomic E-state index is 6.92. The van der Waals surface area contributed by atoms with Crippen molar-refractivity contribution in [2.45, 2.75) is 68.7 Å². The van der Waals surface area contributed by atoms with Crippen molar-refractivity contribution < 1.29 is 4.42 Å². The fourth-order valence-electron chi connectivity index (χ4n) is 12.1. The highest BCUT2D eigenvalue weighted by atomic mass is 32.1. The highest BCUT2D eigenvalue weighted by Gasteiger charge is 2.53. The van der Waals surface area contributed by atoms with Crippen LogP contribution >= 0.6 is 11.3 Å². The van der Waals surface area contributed by atoms with Gasteiger partial charge in [-0.25, -0.2) is 0 Å². The smallest absolute Gasteiger partial charge is 0.141 e. The molecule has 59 heavy (non-hydrogen) atoms. The Morgan fingerprint density at radius 2 is 1.44 bits per heavy atom. The van der Waals surface area contributed by atoms with E-state index in [1.807, 2.05) is 11.3 Å². The van der Waals surface area contributed by atoms with Crippen molar-refractivity contribution in [1.82, 2.24) is 0 Å².